The molecule has 0 aliphatic carbocycles. The highest BCUT2D eigenvalue weighted by Crippen LogP contribution is 2.34. The third kappa shape index (κ3) is 1.61. The first-order valence-electron chi connectivity index (χ1n) is 3.46. The summed E-state index contributed by atoms with van der Waals surface area (Å²) in [5.74, 6) is 0. The summed E-state index contributed by atoms with van der Waals surface area (Å²) in [4.78, 5) is 3.93. The molecule has 14 heavy (non-hydrogen) atoms. The molecule has 0 bridgehead atoms. The van der Waals surface area contributed by atoms with Gasteiger partial charge in [-0.1, -0.05) is 11.6 Å². The second kappa shape index (κ2) is 3.34. The predicted molar refractivity (Wildman–Crippen MR) is 57.7 cm³/mol. The Hall–Kier alpha value is -0.360. The Labute approximate surface area is 93.7 Å². The van der Waals surface area contributed by atoms with Gasteiger partial charge in [-0.05, 0) is 6.07 Å². The minimum Gasteiger partial charge on any atom is -0.243 e. The first kappa shape index (κ1) is 10.2. The van der Waals surface area contributed by atoms with Crippen LogP contribution in [0.1, 0.15) is 0 Å². The van der Waals surface area contributed by atoms with Gasteiger partial charge in [-0.3, -0.25) is 0 Å². The van der Waals surface area contributed by atoms with Crippen molar-refractivity contribution in [3.63, 3.8) is 0 Å². The normalized spacial score (nSPS) is 12.1. The van der Waals surface area contributed by atoms with Crippen LogP contribution in [0.25, 0.3) is 10.1 Å². The highest BCUT2D eigenvalue weighted by atomic mass is 35.7. The molecule has 74 valence electrons. The second-order valence-electron chi connectivity index (χ2n) is 2.52. The van der Waals surface area contributed by atoms with Gasteiger partial charge in [-0.15, -0.1) is 11.3 Å². The molecule has 0 atom stereocenters. The molecule has 0 aliphatic rings. The maximum Gasteiger partial charge on any atom is 0.262 e. The summed E-state index contributed by atoms with van der Waals surface area (Å²) in [6.07, 6.45) is 1.45. The fourth-order valence-corrected chi connectivity index (χ4v) is 3.87. The van der Waals surface area contributed by atoms with Gasteiger partial charge in [0.15, 0.2) is 0 Å². The molecule has 0 unspecified atom stereocenters. The van der Waals surface area contributed by atoms with Gasteiger partial charge < -0.3 is 0 Å². The fourth-order valence-electron chi connectivity index (χ4n) is 1.09. The first-order chi connectivity index (χ1) is 6.50. The van der Waals surface area contributed by atoms with Crippen LogP contribution in [0.4, 0.5) is 0 Å². The minimum absolute atomic E-state index is 0.0865. The lowest BCUT2D eigenvalue weighted by Gasteiger charge is -1.93. The number of fused-ring (bicyclic) bond motifs is 1. The van der Waals surface area contributed by atoms with Crippen molar-refractivity contribution in [2.45, 2.75) is 4.90 Å². The van der Waals surface area contributed by atoms with E-state index in [0.29, 0.717) is 15.2 Å². The molecule has 0 saturated carbocycles. The van der Waals surface area contributed by atoms with Crippen LogP contribution < -0.4 is 0 Å². The van der Waals surface area contributed by atoms with Gasteiger partial charge in [0.2, 0.25) is 0 Å². The third-order valence-corrected chi connectivity index (χ3v) is 4.59. The zero-order valence-electron chi connectivity index (χ0n) is 6.57. The highest BCUT2D eigenvalue weighted by molar-refractivity contribution is 8.14. The number of hydrogen-bond acceptors (Lipinski definition) is 4. The minimum atomic E-state index is -3.71. The molecule has 0 spiro atoms. The van der Waals surface area contributed by atoms with Gasteiger partial charge >= 0.3 is 0 Å². The van der Waals surface area contributed by atoms with Gasteiger partial charge in [-0.25, -0.2) is 13.4 Å². The average Bonchev–Trinajstić information content (AvgIpc) is 2.47. The van der Waals surface area contributed by atoms with Gasteiger partial charge in [0.05, 0.1) is 4.70 Å². The molecule has 0 fully saturated rings. The molecule has 0 N–H and O–H groups in total. The zero-order valence-corrected chi connectivity index (χ0v) is 9.71. The highest BCUT2D eigenvalue weighted by Gasteiger charge is 2.17. The van der Waals surface area contributed by atoms with Gasteiger partial charge in [0.25, 0.3) is 9.05 Å². The number of hydrogen-bond donors (Lipinski definition) is 0. The second-order valence-corrected chi connectivity index (χ2v) is 6.29. The summed E-state index contributed by atoms with van der Waals surface area (Å²) in [6, 6.07) is 1.58. The van der Waals surface area contributed by atoms with Gasteiger partial charge in [-0.2, -0.15) is 0 Å². The summed E-state index contributed by atoms with van der Waals surface area (Å²) in [6.45, 7) is 0. The molecule has 3 nitrogen and oxygen atoms in total. The van der Waals surface area contributed by atoms with E-state index in [0.717, 1.165) is 0 Å². The molecule has 2 rings (SSSR count). The Morgan fingerprint density at radius 3 is 2.79 bits per heavy atom. The molecule has 0 saturated heterocycles. The maximum absolute atomic E-state index is 11.1. The molecule has 2 aromatic heterocycles. The number of thiophene rings is 1. The Kier molecular flexibility index (Phi) is 2.43. The van der Waals surface area contributed by atoms with E-state index in [1.54, 1.807) is 6.07 Å². The van der Waals surface area contributed by atoms with Crippen LogP contribution in [-0.2, 0) is 9.05 Å². The molecular formula is C7H3Cl2NO2S2. The van der Waals surface area contributed by atoms with Crippen LogP contribution in [0.15, 0.2) is 22.5 Å². The van der Waals surface area contributed by atoms with Crippen molar-refractivity contribution in [2.75, 3.05) is 0 Å². The number of nitrogens with zero attached hydrogens (tertiary/aromatic N) is 1. The van der Waals surface area contributed by atoms with Crippen molar-refractivity contribution in [2.24, 2.45) is 0 Å². The summed E-state index contributed by atoms with van der Waals surface area (Å²) < 4.78 is 22.9. The lowest BCUT2D eigenvalue weighted by Crippen LogP contribution is -1.87. The van der Waals surface area contributed by atoms with Crippen LogP contribution in [0.5, 0.6) is 0 Å². The number of aromatic nitrogens is 1. The zero-order chi connectivity index (χ0) is 10.3. The predicted octanol–water partition coefficient (Wildman–Crippen LogP) is 2.88. The van der Waals surface area contributed by atoms with Crippen molar-refractivity contribution >= 4 is 52.8 Å². The van der Waals surface area contributed by atoms with Crippen LogP contribution in [0.2, 0.25) is 5.15 Å². The number of halogens is 2. The van der Waals surface area contributed by atoms with Crippen LogP contribution in [0.3, 0.4) is 0 Å². The van der Waals surface area contributed by atoms with E-state index in [2.05, 4.69) is 4.98 Å². The monoisotopic (exact) mass is 267 g/mol. The fraction of sp³-hybridized carbons (Fsp3) is 0. The largest absolute Gasteiger partial charge is 0.262 e. The number of pyridine rings is 1. The van der Waals surface area contributed by atoms with Crippen molar-refractivity contribution in [1.82, 2.24) is 4.98 Å². The molecule has 7 heteroatoms. The van der Waals surface area contributed by atoms with E-state index in [4.69, 9.17) is 22.3 Å². The van der Waals surface area contributed by atoms with E-state index in [1.165, 1.54) is 22.9 Å². The Morgan fingerprint density at radius 1 is 1.43 bits per heavy atom. The Balaban J connectivity index is 2.90. The molecule has 0 aromatic carbocycles. The third-order valence-electron chi connectivity index (χ3n) is 1.67. The summed E-state index contributed by atoms with van der Waals surface area (Å²) in [5.41, 5.74) is 0. The van der Waals surface area contributed by atoms with Crippen LogP contribution in [0, 0.1) is 0 Å². The SMILES string of the molecule is O=S(=O)(Cl)c1csc2c(Cl)nccc12. The van der Waals surface area contributed by atoms with Gasteiger partial charge in [0.1, 0.15) is 10.0 Å². The summed E-state index contributed by atoms with van der Waals surface area (Å²) in [5, 5.41) is 2.27. The van der Waals surface area contributed by atoms with Crippen molar-refractivity contribution in [1.29, 1.82) is 0 Å². The quantitative estimate of drug-likeness (QED) is 0.590. The van der Waals surface area contributed by atoms with Crippen LogP contribution in [-0.4, -0.2) is 13.4 Å². The van der Waals surface area contributed by atoms with E-state index in [-0.39, 0.29) is 4.90 Å². The first-order valence-corrected chi connectivity index (χ1v) is 7.03. The van der Waals surface area contributed by atoms with E-state index in [1.807, 2.05) is 0 Å². The molecule has 0 amide bonds. The Morgan fingerprint density at radius 2 is 2.14 bits per heavy atom. The van der Waals surface area contributed by atoms with Crippen molar-refractivity contribution in [3.05, 3.63) is 22.8 Å². The molecule has 2 aromatic rings. The topological polar surface area (TPSA) is 47.0 Å². The van der Waals surface area contributed by atoms with Gasteiger partial charge in [0, 0.05) is 27.6 Å². The van der Waals surface area contributed by atoms with Crippen molar-refractivity contribution in [3.8, 4) is 0 Å². The molecule has 0 radical (unpaired) electrons. The smallest absolute Gasteiger partial charge is 0.243 e. The standard InChI is InChI=1S/C7H3Cl2NO2S2/c8-7-6-4(1-2-10-7)5(3-13-6)14(9,11)12/h1-3H. The molecular weight excluding hydrogens is 265 g/mol. The van der Waals surface area contributed by atoms with E-state index >= 15 is 0 Å². The molecule has 0 aliphatic heterocycles. The lowest BCUT2D eigenvalue weighted by atomic mass is 10.3. The molecule has 2 heterocycles. The van der Waals surface area contributed by atoms with E-state index < -0.39 is 9.05 Å². The maximum atomic E-state index is 11.1. The summed E-state index contributed by atoms with van der Waals surface area (Å²) >= 11 is 6.99. The lowest BCUT2D eigenvalue weighted by molar-refractivity contribution is 0.610. The van der Waals surface area contributed by atoms with Crippen LogP contribution >= 0.6 is 33.6 Å². The summed E-state index contributed by atoms with van der Waals surface area (Å²) in [7, 11) is 1.54. The van der Waals surface area contributed by atoms with E-state index in [9.17, 15) is 8.42 Å². The number of rotatable bonds is 1. The Bertz CT molecular complexity index is 591. The van der Waals surface area contributed by atoms with Crippen molar-refractivity contribution < 1.29 is 8.42 Å². The average molecular weight is 268 g/mol.